The van der Waals surface area contributed by atoms with Gasteiger partial charge in [-0.05, 0) is 79.1 Å². The highest BCUT2D eigenvalue weighted by atomic mass is 32.1. The van der Waals surface area contributed by atoms with Crippen LogP contribution in [0.1, 0.15) is 107 Å². The van der Waals surface area contributed by atoms with Crippen LogP contribution in [0.15, 0.2) is 54.6 Å². The quantitative estimate of drug-likeness (QED) is 0.113. The van der Waals surface area contributed by atoms with Crippen molar-refractivity contribution in [2.45, 2.75) is 123 Å². The lowest BCUT2D eigenvalue weighted by Gasteiger charge is -2.49. The number of rotatable bonds is 21. The van der Waals surface area contributed by atoms with E-state index < -0.39 is 6.10 Å². The molecule has 0 unspecified atom stereocenters. The van der Waals surface area contributed by atoms with Crippen LogP contribution in [-0.4, -0.2) is 62.6 Å². The fraction of sp³-hybridized carbons (Fsp3) is 0.610. The van der Waals surface area contributed by atoms with Crippen molar-refractivity contribution in [2.75, 3.05) is 33.0 Å². The van der Waals surface area contributed by atoms with Crippen molar-refractivity contribution in [1.82, 2.24) is 0 Å². The molecule has 1 N–H and O–H groups in total. The van der Waals surface area contributed by atoms with E-state index in [1.807, 2.05) is 12.1 Å². The van der Waals surface area contributed by atoms with Crippen LogP contribution in [0, 0.1) is 18.7 Å². The van der Waals surface area contributed by atoms with Crippen molar-refractivity contribution in [3.63, 3.8) is 0 Å². The van der Waals surface area contributed by atoms with Gasteiger partial charge >= 0.3 is 0 Å². The number of thiophene rings is 1. The van der Waals surface area contributed by atoms with E-state index in [1.165, 1.54) is 28.1 Å². The first-order chi connectivity index (χ1) is 23.4. The summed E-state index contributed by atoms with van der Waals surface area (Å²) in [7, 11) is 0. The molecular formula is C41H59FO5S. The molecule has 0 bridgehead atoms. The van der Waals surface area contributed by atoms with Crippen molar-refractivity contribution < 1.29 is 28.4 Å². The SMILES string of the molecule is CCCCOC[C@H]1[C@H](O)[C@@H](c2ccc(C)c(Cc3ccc(-c4ccc(F)cc4)s3)c2)[C@H](OCCCC)[C@@H](OCCCC)[C@@H]1OCCCC. The lowest BCUT2D eigenvalue weighted by atomic mass is 9.70. The summed E-state index contributed by atoms with van der Waals surface area (Å²) in [6.45, 7) is 13.8. The van der Waals surface area contributed by atoms with Crippen LogP contribution in [0.2, 0.25) is 0 Å². The Hall–Kier alpha value is -2.13. The summed E-state index contributed by atoms with van der Waals surface area (Å²) < 4.78 is 39.9. The predicted octanol–water partition coefficient (Wildman–Crippen LogP) is 9.90. The molecular weight excluding hydrogens is 624 g/mol. The summed E-state index contributed by atoms with van der Waals surface area (Å²) in [5, 5.41) is 12.4. The molecule has 1 heterocycles. The van der Waals surface area contributed by atoms with Crippen LogP contribution < -0.4 is 0 Å². The number of aliphatic hydroxyl groups is 1. The number of unbranched alkanes of at least 4 members (excludes halogenated alkanes) is 4. The van der Waals surface area contributed by atoms with Crippen molar-refractivity contribution in [1.29, 1.82) is 0 Å². The molecule has 1 fully saturated rings. The minimum absolute atomic E-state index is 0.226. The zero-order valence-electron chi connectivity index (χ0n) is 29.9. The Labute approximate surface area is 293 Å². The van der Waals surface area contributed by atoms with Crippen LogP contribution in [0.25, 0.3) is 10.4 Å². The van der Waals surface area contributed by atoms with Gasteiger partial charge in [0.05, 0.1) is 24.9 Å². The second-order valence-corrected chi connectivity index (χ2v) is 14.5. The minimum atomic E-state index is -0.724. The van der Waals surface area contributed by atoms with Crippen molar-refractivity contribution in [3.05, 3.63) is 82.0 Å². The molecule has 1 aromatic heterocycles. The molecule has 4 rings (SSSR count). The smallest absolute Gasteiger partial charge is 0.123 e. The molecule has 0 radical (unpaired) electrons. The third-order valence-corrected chi connectivity index (χ3v) is 10.7. The Bertz CT molecular complexity index is 1330. The zero-order chi connectivity index (χ0) is 34.3. The lowest BCUT2D eigenvalue weighted by Crippen LogP contribution is -2.61. The van der Waals surface area contributed by atoms with Gasteiger partial charge in [-0.15, -0.1) is 11.3 Å². The van der Waals surface area contributed by atoms with E-state index >= 15 is 0 Å². The molecule has 7 heteroatoms. The standard InChI is InChI=1S/C41H59FO5S/c1-6-10-22-44-28-35-38(43)37(40(46-24-12-8-3)41(47-25-13-9-4)39(35)45-23-11-7-2)31-15-14-29(5)32(26-31)27-34-20-21-36(48-34)30-16-18-33(42)19-17-30/h14-21,26,35,37-41,43H,6-13,22-25,27-28H2,1-5H3/t35-,37+,38-,39+,40-,41-/m0/s1. The Morgan fingerprint density at radius 3 is 1.96 bits per heavy atom. The van der Waals surface area contributed by atoms with E-state index in [2.05, 4.69) is 65.0 Å². The van der Waals surface area contributed by atoms with Crippen molar-refractivity contribution in [3.8, 4) is 10.4 Å². The summed E-state index contributed by atoms with van der Waals surface area (Å²) in [5.41, 5.74) is 4.52. The summed E-state index contributed by atoms with van der Waals surface area (Å²) in [6.07, 6.45) is 7.06. The van der Waals surface area contributed by atoms with E-state index in [0.717, 1.165) is 73.8 Å². The minimum Gasteiger partial charge on any atom is -0.392 e. The predicted molar refractivity (Wildman–Crippen MR) is 196 cm³/mol. The molecule has 0 saturated heterocycles. The molecule has 0 aliphatic heterocycles. The molecule has 6 atom stereocenters. The monoisotopic (exact) mass is 682 g/mol. The Kier molecular flexibility index (Phi) is 16.5. The fourth-order valence-electron chi connectivity index (χ4n) is 6.55. The topological polar surface area (TPSA) is 57.2 Å². The van der Waals surface area contributed by atoms with Crippen LogP contribution in [0.3, 0.4) is 0 Å². The number of ether oxygens (including phenoxy) is 4. The number of benzene rings is 2. The van der Waals surface area contributed by atoms with Crippen molar-refractivity contribution >= 4 is 11.3 Å². The first-order valence-electron chi connectivity index (χ1n) is 18.5. The number of aliphatic hydroxyl groups excluding tert-OH is 1. The van der Waals surface area contributed by atoms with Gasteiger partial charge < -0.3 is 24.1 Å². The average molecular weight is 683 g/mol. The van der Waals surface area contributed by atoms with Gasteiger partial charge in [-0.3, -0.25) is 0 Å². The Morgan fingerprint density at radius 1 is 0.708 bits per heavy atom. The van der Waals surface area contributed by atoms with Gasteiger partial charge in [0, 0.05) is 54.4 Å². The zero-order valence-corrected chi connectivity index (χ0v) is 30.7. The van der Waals surface area contributed by atoms with E-state index in [4.69, 9.17) is 18.9 Å². The van der Waals surface area contributed by atoms with Crippen LogP contribution in [0.4, 0.5) is 4.39 Å². The van der Waals surface area contributed by atoms with Gasteiger partial charge in [0.25, 0.3) is 0 Å². The molecule has 5 nitrogen and oxygen atoms in total. The van der Waals surface area contributed by atoms with Gasteiger partial charge in [0.2, 0.25) is 0 Å². The molecule has 3 aromatic rings. The molecule has 266 valence electrons. The first-order valence-corrected chi connectivity index (χ1v) is 19.3. The number of hydrogen-bond donors (Lipinski definition) is 1. The summed E-state index contributed by atoms with van der Waals surface area (Å²) in [6, 6.07) is 17.6. The molecule has 0 spiro atoms. The van der Waals surface area contributed by atoms with Crippen LogP contribution in [0.5, 0.6) is 0 Å². The van der Waals surface area contributed by atoms with E-state index in [1.54, 1.807) is 11.3 Å². The maximum atomic E-state index is 13.5. The van der Waals surface area contributed by atoms with Gasteiger partial charge in [-0.2, -0.15) is 0 Å². The second kappa shape index (κ2) is 20.5. The number of halogens is 1. The highest BCUT2D eigenvalue weighted by Gasteiger charge is 2.52. The Morgan fingerprint density at radius 2 is 1.31 bits per heavy atom. The van der Waals surface area contributed by atoms with E-state index in [0.29, 0.717) is 33.0 Å². The number of hydrogen-bond acceptors (Lipinski definition) is 6. The average Bonchev–Trinajstić information content (AvgIpc) is 3.55. The van der Waals surface area contributed by atoms with Crippen molar-refractivity contribution in [2.24, 2.45) is 5.92 Å². The third kappa shape index (κ3) is 10.7. The molecule has 48 heavy (non-hydrogen) atoms. The molecule has 1 aliphatic carbocycles. The van der Waals surface area contributed by atoms with Gasteiger partial charge in [-0.25, -0.2) is 4.39 Å². The fourth-order valence-corrected chi connectivity index (χ4v) is 7.59. The summed E-state index contributed by atoms with van der Waals surface area (Å²) in [4.78, 5) is 2.36. The highest BCUT2D eigenvalue weighted by molar-refractivity contribution is 7.15. The van der Waals surface area contributed by atoms with E-state index in [-0.39, 0.29) is 36.0 Å². The van der Waals surface area contributed by atoms with Crippen LogP contribution >= 0.6 is 11.3 Å². The Balaban J connectivity index is 1.69. The van der Waals surface area contributed by atoms with Crippen LogP contribution in [-0.2, 0) is 25.4 Å². The number of aryl methyl sites for hydroxylation is 1. The van der Waals surface area contributed by atoms with Gasteiger partial charge in [0.15, 0.2) is 0 Å². The molecule has 1 saturated carbocycles. The summed E-state index contributed by atoms with van der Waals surface area (Å²) in [5.74, 6) is -0.769. The maximum absolute atomic E-state index is 13.5. The highest BCUT2D eigenvalue weighted by Crippen LogP contribution is 2.43. The third-order valence-electron chi connectivity index (χ3n) is 9.52. The normalized spacial score (nSPS) is 22.7. The first kappa shape index (κ1) is 38.7. The van der Waals surface area contributed by atoms with Gasteiger partial charge in [-0.1, -0.05) is 83.7 Å². The molecule has 0 amide bonds. The van der Waals surface area contributed by atoms with Gasteiger partial charge in [0.1, 0.15) is 11.9 Å². The molecule has 2 aromatic carbocycles. The maximum Gasteiger partial charge on any atom is 0.123 e. The van der Waals surface area contributed by atoms with E-state index in [9.17, 15) is 9.50 Å². The molecule has 1 aliphatic rings. The summed E-state index contributed by atoms with van der Waals surface area (Å²) >= 11 is 1.74. The lowest BCUT2D eigenvalue weighted by molar-refractivity contribution is -0.219. The largest absolute Gasteiger partial charge is 0.392 e. The second-order valence-electron chi connectivity index (χ2n) is 13.3.